The molecule has 1 saturated carbocycles. The number of hydrogen-bond acceptors (Lipinski definition) is 1. The molecule has 0 spiro atoms. The first kappa shape index (κ1) is 16.1. The number of rotatable bonds is 1. The van der Waals surface area contributed by atoms with Gasteiger partial charge in [0.25, 0.3) is 0 Å². The van der Waals surface area contributed by atoms with Crippen LogP contribution in [0.2, 0.25) is 0 Å². The average molecular weight is 326 g/mol. The third kappa shape index (κ3) is 3.79. The number of piperidine rings is 1. The molecule has 1 N–H and O–H groups in total. The summed E-state index contributed by atoms with van der Waals surface area (Å²) < 4.78 is 38.2. The molecule has 3 nitrogen and oxygen atoms in total. The fourth-order valence-electron chi connectivity index (χ4n) is 3.76. The molecular formula is C17H21F3N2O. The molecule has 1 saturated heterocycles. The summed E-state index contributed by atoms with van der Waals surface area (Å²) in [4.78, 5) is 14.1. The van der Waals surface area contributed by atoms with Gasteiger partial charge in [0.05, 0.1) is 5.56 Å². The summed E-state index contributed by atoms with van der Waals surface area (Å²) >= 11 is 0. The summed E-state index contributed by atoms with van der Waals surface area (Å²) in [6.07, 6.45) is 1.48. The molecule has 1 aliphatic heterocycles. The second kappa shape index (κ2) is 6.42. The summed E-state index contributed by atoms with van der Waals surface area (Å²) in [5.41, 5.74) is -0.558. The Hall–Kier alpha value is -1.72. The Morgan fingerprint density at radius 2 is 1.87 bits per heavy atom. The highest BCUT2D eigenvalue weighted by Crippen LogP contribution is 2.36. The molecule has 0 radical (unpaired) electrons. The molecule has 1 heterocycles. The first-order valence-corrected chi connectivity index (χ1v) is 8.16. The van der Waals surface area contributed by atoms with E-state index in [9.17, 15) is 18.0 Å². The quantitative estimate of drug-likeness (QED) is 0.793. The van der Waals surface area contributed by atoms with Crippen molar-refractivity contribution in [2.75, 3.05) is 18.4 Å². The van der Waals surface area contributed by atoms with E-state index in [0.29, 0.717) is 18.4 Å². The van der Waals surface area contributed by atoms with Crippen LogP contribution in [0.3, 0.4) is 0 Å². The standard InChI is InChI=1S/C17H21F3N2O/c18-17(19,20)14-6-3-7-15(10-14)21-16(23)22-9-8-12-4-1-2-5-13(12)11-22/h3,6-7,10,12-13H,1-2,4-5,8-9,11H2,(H,21,23)/t12-,13+/m0/s1. The van der Waals surface area contributed by atoms with Gasteiger partial charge in [-0.2, -0.15) is 13.2 Å². The maximum absolute atomic E-state index is 12.7. The zero-order valence-electron chi connectivity index (χ0n) is 12.9. The van der Waals surface area contributed by atoms with Crippen LogP contribution in [0.15, 0.2) is 24.3 Å². The van der Waals surface area contributed by atoms with E-state index in [0.717, 1.165) is 31.5 Å². The third-order valence-corrected chi connectivity index (χ3v) is 5.02. The molecule has 0 aromatic heterocycles. The van der Waals surface area contributed by atoms with E-state index in [4.69, 9.17) is 0 Å². The van der Waals surface area contributed by atoms with Crippen molar-refractivity contribution in [2.24, 2.45) is 11.8 Å². The molecule has 3 rings (SSSR count). The normalized spacial score (nSPS) is 24.9. The molecule has 0 unspecified atom stereocenters. The molecule has 2 atom stereocenters. The number of amides is 2. The van der Waals surface area contributed by atoms with Crippen molar-refractivity contribution in [1.29, 1.82) is 0 Å². The number of urea groups is 1. The zero-order chi connectivity index (χ0) is 16.4. The van der Waals surface area contributed by atoms with Crippen LogP contribution in [0.25, 0.3) is 0 Å². The van der Waals surface area contributed by atoms with Gasteiger partial charge in [-0.05, 0) is 42.9 Å². The Kier molecular flexibility index (Phi) is 4.50. The summed E-state index contributed by atoms with van der Waals surface area (Å²) in [6, 6.07) is 4.48. The van der Waals surface area contributed by atoms with Crippen LogP contribution in [0.1, 0.15) is 37.7 Å². The topological polar surface area (TPSA) is 32.3 Å². The molecule has 2 fully saturated rings. The lowest BCUT2D eigenvalue weighted by Crippen LogP contribution is -2.46. The highest BCUT2D eigenvalue weighted by atomic mass is 19.4. The number of benzene rings is 1. The van der Waals surface area contributed by atoms with Crippen LogP contribution < -0.4 is 5.32 Å². The van der Waals surface area contributed by atoms with Crippen molar-refractivity contribution in [3.8, 4) is 0 Å². The van der Waals surface area contributed by atoms with Crippen LogP contribution >= 0.6 is 0 Å². The van der Waals surface area contributed by atoms with Gasteiger partial charge in [0.2, 0.25) is 0 Å². The van der Waals surface area contributed by atoms with E-state index in [2.05, 4.69) is 5.32 Å². The molecule has 1 aromatic carbocycles. The van der Waals surface area contributed by atoms with Gasteiger partial charge in [-0.25, -0.2) is 4.79 Å². The Morgan fingerprint density at radius 1 is 1.13 bits per heavy atom. The fraction of sp³-hybridized carbons (Fsp3) is 0.588. The first-order chi connectivity index (χ1) is 10.9. The zero-order valence-corrected chi connectivity index (χ0v) is 12.9. The maximum Gasteiger partial charge on any atom is 0.416 e. The number of fused-ring (bicyclic) bond motifs is 1. The van der Waals surface area contributed by atoms with Gasteiger partial charge in [-0.1, -0.05) is 25.3 Å². The number of anilines is 1. The summed E-state index contributed by atoms with van der Waals surface area (Å²) in [7, 11) is 0. The minimum atomic E-state index is -4.40. The molecule has 6 heteroatoms. The van der Waals surface area contributed by atoms with E-state index in [-0.39, 0.29) is 11.7 Å². The highest BCUT2D eigenvalue weighted by molar-refractivity contribution is 5.89. The van der Waals surface area contributed by atoms with Crippen LogP contribution in [0.5, 0.6) is 0 Å². The number of carbonyl (C=O) groups is 1. The number of hydrogen-bond donors (Lipinski definition) is 1. The Balaban J connectivity index is 1.63. The molecule has 1 aliphatic carbocycles. The number of halogens is 3. The third-order valence-electron chi connectivity index (χ3n) is 5.02. The van der Waals surface area contributed by atoms with Crippen LogP contribution in [-0.2, 0) is 6.18 Å². The second-order valence-electron chi connectivity index (χ2n) is 6.55. The lowest BCUT2D eigenvalue weighted by atomic mass is 9.75. The predicted octanol–water partition coefficient (Wildman–Crippen LogP) is 4.75. The first-order valence-electron chi connectivity index (χ1n) is 8.16. The van der Waals surface area contributed by atoms with E-state index in [1.807, 2.05) is 0 Å². The van der Waals surface area contributed by atoms with Gasteiger partial charge in [-0.3, -0.25) is 0 Å². The largest absolute Gasteiger partial charge is 0.416 e. The van der Waals surface area contributed by atoms with Crippen molar-refractivity contribution in [3.05, 3.63) is 29.8 Å². The minimum Gasteiger partial charge on any atom is -0.324 e. The van der Waals surface area contributed by atoms with Gasteiger partial charge in [0, 0.05) is 18.8 Å². The smallest absolute Gasteiger partial charge is 0.324 e. The molecule has 2 aliphatic rings. The van der Waals surface area contributed by atoms with Crippen molar-refractivity contribution in [1.82, 2.24) is 4.90 Å². The van der Waals surface area contributed by atoms with Crippen molar-refractivity contribution >= 4 is 11.7 Å². The Labute approximate surface area is 133 Å². The number of alkyl halides is 3. The fourth-order valence-corrected chi connectivity index (χ4v) is 3.76. The van der Waals surface area contributed by atoms with E-state index in [1.165, 1.54) is 31.4 Å². The SMILES string of the molecule is O=C(Nc1cccc(C(F)(F)F)c1)N1CC[C@@H]2CCCC[C@@H]2C1. The van der Waals surface area contributed by atoms with Crippen LogP contribution in [0.4, 0.5) is 23.7 Å². The monoisotopic (exact) mass is 326 g/mol. The molecule has 1 aromatic rings. The lowest BCUT2D eigenvalue weighted by Gasteiger charge is -2.41. The Bertz CT molecular complexity index is 573. The Morgan fingerprint density at radius 3 is 2.61 bits per heavy atom. The summed E-state index contributed by atoms with van der Waals surface area (Å²) in [5.74, 6) is 1.26. The number of carbonyl (C=O) groups excluding carboxylic acids is 1. The van der Waals surface area contributed by atoms with E-state index in [1.54, 1.807) is 4.90 Å². The van der Waals surface area contributed by atoms with Gasteiger partial charge in [0.1, 0.15) is 0 Å². The molecule has 23 heavy (non-hydrogen) atoms. The predicted molar refractivity (Wildman–Crippen MR) is 82.1 cm³/mol. The summed E-state index contributed by atoms with van der Waals surface area (Å²) in [6.45, 7) is 1.40. The van der Waals surface area contributed by atoms with Crippen molar-refractivity contribution < 1.29 is 18.0 Å². The molecule has 2 amide bonds. The number of nitrogens with zero attached hydrogens (tertiary/aromatic N) is 1. The van der Waals surface area contributed by atoms with Gasteiger partial charge in [0.15, 0.2) is 0 Å². The molecule has 0 bridgehead atoms. The van der Waals surface area contributed by atoms with Crippen LogP contribution in [-0.4, -0.2) is 24.0 Å². The second-order valence-corrected chi connectivity index (χ2v) is 6.55. The van der Waals surface area contributed by atoms with Gasteiger partial charge >= 0.3 is 12.2 Å². The van der Waals surface area contributed by atoms with E-state index < -0.39 is 11.7 Å². The van der Waals surface area contributed by atoms with Crippen molar-refractivity contribution in [3.63, 3.8) is 0 Å². The van der Waals surface area contributed by atoms with Gasteiger partial charge < -0.3 is 10.2 Å². The average Bonchev–Trinajstić information content (AvgIpc) is 2.54. The van der Waals surface area contributed by atoms with Crippen LogP contribution in [0, 0.1) is 11.8 Å². The van der Waals surface area contributed by atoms with Gasteiger partial charge in [-0.15, -0.1) is 0 Å². The number of likely N-dealkylation sites (tertiary alicyclic amines) is 1. The van der Waals surface area contributed by atoms with E-state index >= 15 is 0 Å². The maximum atomic E-state index is 12.7. The lowest BCUT2D eigenvalue weighted by molar-refractivity contribution is -0.137. The minimum absolute atomic E-state index is 0.190. The van der Waals surface area contributed by atoms with Crippen molar-refractivity contribution in [2.45, 2.75) is 38.3 Å². The molecular weight excluding hydrogens is 305 g/mol. The summed E-state index contributed by atoms with van der Waals surface area (Å²) in [5, 5.41) is 2.61. The highest BCUT2D eigenvalue weighted by Gasteiger charge is 2.33. The molecule has 126 valence electrons. The number of nitrogens with one attached hydrogen (secondary N) is 1.